The highest BCUT2D eigenvalue weighted by Crippen LogP contribution is 2.33. The summed E-state index contributed by atoms with van der Waals surface area (Å²) in [4.78, 5) is 19.6. The summed E-state index contributed by atoms with van der Waals surface area (Å²) in [5, 5.41) is 3.42. The van der Waals surface area contributed by atoms with Crippen LogP contribution in [0.3, 0.4) is 0 Å². The highest BCUT2D eigenvalue weighted by molar-refractivity contribution is 9.10. The summed E-state index contributed by atoms with van der Waals surface area (Å²) in [5.74, 6) is 0. The Labute approximate surface area is 352 Å². The number of hydrogen-bond donors (Lipinski definition) is 2. The molecule has 8 aromatic carbocycles. The Balaban J connectivity index is 0.000000144. The molecule has 3 N–H and O–H groups in total. The van der Waals surface area contributed by atoms with Gasteiger partial charge in [0.2, 0.25) is 0 Å². The third-order valence-electron chi connectivity index (χ3n) is 9.37. The molecule has 0 aliphatic heterocycles. The average Bonchev–Trinajstić information content (AvgIpc) is 3.30. The Bertz CT molecular complexity index is 2890. The molecule has 0 amide bonds. The van der Waals surface area contributed by atoms with E-state index in [0.29, 0.717) is 0 Å². The number of benzene rings is 8. The lowest BCUT2D eigenvalue weighted by Gasteiger charge is -2.12. The van der Waals surface area contributed by atoms with Crippen molar-refractivity contribution in [1.29, 1.82) is 0 Å². The van der Waals surface area contributed by atoms with Gasteiger partial charge >= 0.3 is 0 Å². The summed E-state index contributed by atoms with van der Waals surface area (Å²) in [6.07, 6.45) is 0. The van der Waals surface area contributed by atoms with Crippen molar-refractivity contribution in [3.63, 3.8) is 0 Å². The number of rotatable bonds is 6. The zero-order valence-electron chi connectivity index (χ0n) is 32.0. The van der Waals surface area contributed by atoms with Crippen LogP contribution in [0.15, 0.2) is 223 Å². The summed E-state index contributed by atoms with van der Waals surface area (Å²) in [7, 11) is 0. The number of nitrogens with one attached hydrogen (secondary N) is 1. The summed E-state index contributed by atoms with van der Waals surface area (Å²) in [6.45, 7) is 0. The number of nitrogens with two attached hydrogens (primary N) is 1. The molecule has 0 saturated carbocycles. The van der Waals surface area contributed by atoms with Crippen LogP contribution in [-0.2, 0) is 0 Å². The van der Waals surface area contributed by atoms with Gasteiger partial charge in [0.25, 0.3) is 0 Å². The van der Waals surface area contributed by atoms with Crippen LogP contribution in [0.4, 0.5) is 17.1 Å². The predicted molar refractivity (Wildman–Crippen MR) is 249 cm³/mol. The molecule has 10 rings (SSSR count). The first kappa shape index (κ1) is 38.4. The molecular formula is C52H39BrN6. The molecule has 0 saturated heterocycles. The van der Waals surface area contributed by atoms with E-state index in [9.17, 15) is 0 Å². The van der Waals surface area contributed by atoms with Gasteiger partial charge in [-0.15, -0.1) is 0 Å². The lowest BCUT2D eigenvalue weighted by Crippen LogP contribution is -1.96. The van der Waals surface area contributed by atoms with Gasteiger partial charge in [-0.1, -0.05) is 162 Å². The number of nitrogen functional groups attached to an aromatic ring is 1. The molecule has 10 aromatic rings. The van der Waals surface area contributed by atoms with Crippen LogP contribution in [0.25, 0.3) is 67.1 Å². The average molecular weight is 828 g/mol. The molecule has 0 unspecified atom stereocenters. The topological polar surface area (TPSA) is 89.6 Å². The van der Waals surface area contributed by atoms with Crippen LogP contribution < -0.4 is 11.1 Å². The maximum Gasteiger partial charge on any atom is 0.0973 e. The first-order valence-corrected chi connectivity index (χ1v) is 20.0. The Morgan fingerprint density at radius 3 is 0.949 bits per heavy atom. The lowest BCUT2D eigenvalue weighted by atomic mass is 10.0. The molecule has 0 fully saturated rings. The van der Waals surface area contributed by atoms with E-state index in [-0.39, 0.29) is 0 Å². The monoisotopic (exact) mass is 826 g/mol. The van der Waals surface area contributed by atoms with Gasteiger partial charge in [-0.2, -0.15) is 0 Å². The highest BCUT2D eigenvalue weighted by atomic mass is 79.9. The normalized spacial score (nSPS) is 10.5. The fourth-order valence-electron chi connectivity index (χ4n) is 6.46. The Kier molecular flexibility index (Phi) is 12.1. The quantitative estimate of drug-likeness (QED) is 0.162. The van der Waals surface area contributed by atoms with Crippen molar-refractivity contribution in [2.24, 2.45) is 0 Å². The minimum atomic E-state index is 0.822. The van der Waals surface area contributed by atoms with Crippen LogP contribution in [0, 0.1) is 0 Å². The maximum absolute atomic E-state index is 5.36. The van der Waals surface area contributed by atoms with Crippen molar-refractivity contribution >= 4 is 55.1 Å². The second kappa shape index (κ2) is 18.6. The van der Waals surface area contributed by atoms with Gasteiger partial charge in [-0.3, -0.25) is 0 Å². The lowest BCUT2D eigenvalue weighted by molar-refractivity contribution is 1.29. The highest BCUT2D eigenvalue weighted by Gasteiger charge is 2.14. The fourth-order valence-corrected chi connectivity index (χ4v) is 6.72. The van der Waals surface area contributed by atoms with E-state index in [1.807, 2.05) is 146 Å². The summed E-state index contributed by atoms with van der Waals surface area (Å²) < 4.78 is 1.05. The second-order valence-corrected chi connectivity index (χ2v) is 14.5. The number of para-hydroxylation sites is 6. The van der Waals surface area contributed by atoms with Crippen molar-refractivity contribution < 1.29 is 0 Å². The Hall–Kier alpha value is -7.48. The molecule has 284 valence electrons. The summed E-state index contributed by atoms with van der Waals surface area (Å²) in [5.41, 5.74) is 19.7. The third-order valence-corrected chi connectivity index (χ3v) is 9.90. The standard InChI is InChI=1S/C26H19N3.C20H13BrN2.C6H7N/c1-3-9-19(10-4-1)25-26(29-24-14-8-7-13-23(24)28-25)20-15-17-22(18-16-20)27-21-11-5-2-6-12-21;21-16-12-10-15(11-13-16)20-19(14-6-2-1-3-7-14)22-17-8-4-5-9-18(17)23-20;7-6-4-2-1-3-5-6/h1-18,27H;1-13H;1-5H,7H2. The van der Waals surface area contributed by atoms with Crippen molar-refractivity contribution in [1.82, 2.24) is 19.9 Å². The van der Waals surface area contributed by atoms with Crippen molar-refractivity contribution in [2.45, 2.75) is 0 Å². The van der Waals surface area contributed by atoms with Crippen LogP contribution >= 0.6 is 15.9 Å². The molecule has 0 atom stereocenters. The van der Waals surface area contributed by atoms with E-state index in [0.717, 1.165) is 88.6 Å². The molecule has 2 aromatic heterocycles. The molecule has 2 heterocycles. The van der Waals surface area contributed by atoms with Gasteiger partial charge in [0.15, 0.2) is 0 Å². The predicted octanol–water partition coefficient (Wildman–Crippen LogP) is 13.7. The first-order valence-electron chi connectivity index (χ1n) is 19.2. The molecule has 59 heavy (non-hydrogen) atoms. The minimum Gasteiger partial charge on any atom is -0.399 e. The van der Waals surface area contributed by atoms with Gasteiger partial charge in [0.1, 0.15) is 0 Å². The van der Waals surface area contributed by atoms with E-state index < -0.39 is 0 Å². The smallest absolute Gasteiger partial charge is 0.0973 e. The van der Waals surface area contributed by atoms with Crippen molar-refractivity contribution in [2.75, 3.05) is 11.1 Å². The largest absolute Gasteiger partial charge is 0.399 e. The van der Waals surface area contributed by atoms with E-state index in [1.165, 1.54) is 0 Å². The fraction of sp³-hybridized carbons (Fsp3) is 0. The number of hydrogen-bond acceptors (Lipinski definition) is 6. The van der Waals surface area contributed by atoms with Gasteiger partial charge in [0, 0.05) is 43.8 Å². The second-order valence-electron chi connectivity index (χ2n) is 13.5. The Morgan fingerprint density at radius 1 is 0.305 bits per heavy atom. The zero-order valence-corrected chi connectivity index (χ0v) is 33.6. The zero-order chi connectivity index (χ0) is 40.2. The van der Waals surface area contributed by atoms with E-state index in [2.05, 4.69) is 94.0 Å². The summed E-state index contributed by atoms with van der Waals surface area (Å²) >= 11 is 3.49. The van der Waals surface area contributed by atoms with Gasteiger partial charge in [-0.25, -0.2) is 19.9 Å². The van der Waals surface area contributed by atoms with Gasteiger partial charge in [0.05, 0.1) is 44.8 Å². The van der Waals surface area contributed by atoms with Crippen LogP contribution in [0.5, 0.6) is 0 Å². The number of fused-ring (bicyclic) bond motifs is 2. The van der Waals surface area contributed by atoms with Crippen molar-refractivity contribution in [3.05, 3.63) is 223 Å². The minimum absolute atomic E-state index is 0.822. The number of halogens is 1. The van der Waals surface area contributed by atoms with E-state index in [4.69, 9.17) is 25.7 Å². The molecule has 0 aliphatic rings. The first-order chi connectivity index (χ1) is 29.1. The molecular weight excluding hydrogens is 789 g/mol. The molecule has 6 nitrogen and oxygen atoms in total. The van der Waals surface area contributed by atoms with Gasteiger partial charge in [-0.05, 0) is 72.8 Å². The summed E-state index contributed by atoms with van der Waals surface area (Å²) in [6, 6.07) is 72.6. The van der Waals surface area contributed by atoms with Crippen LogP contribution in [0.1, 0.15) is 0 Å². The molecule has 0 radical (unpaired) electrons. The SMILES string of the molecule is Brc1ccc(-c2nc3ccccc3nc2-c2ccccc2)cc1.Nc1ccccc1.c1ccc(Nc2ccc(-c3nc4ccccc4nc3-c3ccccc3)cc2)cc1. The molecule has 0 spiro atoms. The number of nitrogens with zero attached hydrogens (tertiary/aromatic N) is 4. The number of aromatic nitrogens is 4. The maximum atomic E-state index is 5.36. The third kappa shape index (κ3) is 9.74. The molecule has 0 bridgehead atoms. The number of anilines is 3. The van der Waals surface area contributed by atoms with E-state index >= 15 is 0 Å². The Morgan fingerprint density at radius 2 is 0.593 bits per heavy atom. The van der Waals surface area contributed by atoms with Crippen LogP contribution in [0.2, 0.25) is 0 Å². The molecule has 0 aliphatic carbocycles. The molecule has 7 heteroatoms. The van der Waals surface area contributed by atoms with Gasteiger partial charge < -0.3 is 11.1 Å². The van der Waals surface area contributed by atoms with Crippen molar-refractivity contribution in [3.8, 4) is 45.0 Å². The van der Waals surface area contributed by atoms with Crippen LogP contribution in [-0.4, -0.2) is 19.9 Å². The van der Waals surface area contributed by atoms with E-state index in [1.54, 1.807) is 0 Å².